The van der Waals surface area contributed by atoms with Gasteiger partial charge in [-0.25, -0.2) is 4.79 Å². The molecule has 148 valence electrons. The number of benzene rings is 2. The summed E-state index contributed by atoms with van der Waals surface area (Å²) in [6, 6.07) is 12.8. The monoisotopic (exact) mass is 385 g/mol. The highest BCUT2D eigenvalue weighted by atomic mass is 16.6. The molecule has 2 aromatic carbocycles. The van der Waals surface area contributed by atoms with Gasteiger partial charge in [-0.3, -0.25) is 14.9 Å². The molecule has 0 unspecified atom stereocenters. The Morgan fingerprint density at radius 2 is 1.89 bits per heavy atom. The maximum Gasteiger partial charge on any atom is 0.326 e. The first-order valence-electron chi connectivity index (χ1n) is 8.92. The fraction of sp³-hybridized carbons (Fsp3) is 0.300. The van der Waals surface area contributed by atoms with Crippen LogP contribution in [0, 0.1) is 17.0 Å². The molecule has 1 atom stereocenters. The molecule has 1 amide bonds. The van der Waals surface area contributed by atoms with E-state index in [9.17, 15) is 24.8 Å². The number of rotatable bonds is 10. The smallest absolute Gasteiger partial charge is 0.326 e. The molecule has 0 saturated heterocycles. The number of nitrogens with zero attached hydrogens (tertiary/aromatic N) is 1. The van der Waals surface area contributed by atoms with Crippen LogP contribution in [-0.4, -0.2) is 34.5 Å². The Balaban J connectivity index is 1.85. The van der Waals surface area contributed by atoms with Gasteiger partial charge in [-0.15, -0.1) is 0 Å². The van der Waals surface area contributed by atoms with Gasteiger partial charge in [0.05, 0.1) is 11.3 Å². The number of nitro benzene ring substituents is 1. The van der Waals surface area contributed by atoms with E-state index in [0.717, 1.165) is 11.1 Å². The predicted octanol–water partition coefficient (Wildman–Crippen LogP) is 2.91. The maximum absolute atomic E-state index is 12.1. The van der Waals surface area contributed by atoms with E-state index < -0.39 is 16.9 Å². The van der Waals surface area contributed by atoms with Gasteiger partial charge < -0.3 is 15.7 Å². The van der Waals surface area contributed by atoms with Crippen molar-refractivity contribution in [2.75, 3.05) is 11.9 Å². The van der Waals surface area contributed by atoms with Crippen LogP contribution in [0.15, 0.2) is 48.5 Å². The standard InChI is InChI=1S/C20H23N3O5/c1-14-9-10-18(23(27)28)17(12-14)21-11-5-8-16(20(25)26)22-19(24)13-15-6-3-2-4-7-15/h2-4,6-7,9-10,12,16,21H,5,8,11,13H2,1H3,(H,22,24)(H,25,26)/t16-/m0/s1. The van der Waals surface area contributed by atoms with Gasteiger partial charge in [-0.2, -0.15) is 0 Å². The van der Waals surface area contributed by atoms with E-state index in [-0.39, 0.29) is 24.4 Å². The van der Waals surface area contributed by atoms with Gasteiger partial charge in [0, 0.05) is 12.6 Å². The number of aryl methyl sites for hydroxylation is 1. The summed E-state index contributed by atoms with van der Waals surface area (Å²) in [5.74, 6) is -1.47. The Kier molecular flexibility index (Phi) is 7.50. The zero-order valence-corrected chi connectivity index (χ0v) is 15.6. The van der Waals surface area contributed by atoms with E-state index in [4.69, 9.17) is 0 Å². The van der Waals surface area contributed by atoms with E-state index in [1.165, 1.54) is 6.07 Å². The summed E-state index contributed by atoms with van der Waals surface area (Å²) < 4.78 is 0. The lowest BCUT2D eigenvalue weighted by Crippen LogP contribution is -2.41. The van der Waals surface area contributed by atoms with Gasteiger partial charge in [0.1, 0.15) is 11.7 Å². The zero-order chi connectivity index (χ0) is 20.5. The molecule has 0 aliphatic rings. The molecular weight excluding hydrogens is 362 g/mol. The first-order valence-corrected chi connectivity index (χ1v) is 8.92. The van der Waals surface area contributed by atoms with Crippen molar-refractivity contribution in [3.05, 3.63) is 69.8 Å². The first kappa shape index (κ1) is 20.9. The number of nitrogens with one attached hydrogen (secondary N) is 2. The molecule has 8 nitrogen and oxygen atoms in total. The second-order valence-electron chi connectivity index (χ2n) is 6.47. The summed E-state index contributed by atoms with van der Waals surface area (Å²) in [7, 11) is 0. The molecule has 0 saturated carbocycles. The molecule has 28 heavy (non-hydrogen) atoms. The quantitative estimate of drug-likeness (QED) is 0.328. The highest BCUT2D eigenvalue weighted by Gasteiger charge is 2.20. The van der Waals surface area contributed by atoms with Crippen LogP contribution in [0.4, 0.5) is 11.4 Å². The molecule has 2 rings (SSSR count). The molecule has 0 aliphatic heterocycles. The fourth-order valence-electron chi connectivity index (χ4n) is 2.76. The van der Waals surface area contributed by atoms with Crippen molar-refractivity contribution in [2.45, 2.75) is 32.2 Å². The van der Waals surface area contributed by atoms with Crippen molar-refractivity contribution in [1.82, 2.24) is 5.32 Å². The van der Waals surface area contributed by atoms with Crippen molar-refractivity contribution >= 4 is 23.3 Å². The summed E-state index contributed by atoms with van der Waals surface area (Å²) >= 11 is 0. The summed E-state index contributed by atoms with van der Waals surface area (Å²) in [6.45, 7) is 2.18. The van der Waals surface area contributed by atoms with Crippen molar-refractivity contribution in [2.24, 2.45) is 0 Å². The van der Waals surface area contributed by atoms with Crippen LogP contribution in [0.1, 0.15) is 24.0 Å². The van der Waals surface area contributed by atoms with Crippen molar-refractivity contribution in [3.8, 4) is 0 Å². The molecule has 0 radical (unpaired) electrons. The van der Waals surface area contributed by atoms with Crippen molar-refractivity contribution in [3.63, 3.8) is 0 Å². The fourth-order valence-corrected chi connectivity index (χ4v) is 2.76. The zero-order valence-electron chi connectivity index (χ0n) is 15.6. The van der Waals surface area contributed by atoms with Gasteiger partial charge in [-0.05, 0) is 37.0 Å². The summed E-state index contributed by atoms with van der Waals surface area (Å²) in [5, 5.41) is 25.9. The van der Waals surface area contributed by atoms with Gasteiger partial charge in [0.25, 0.3) is 5.69 Å². The van der Waals surface area contributed by atoms with Crippen LogP contribution in [0.25, 0.3) is 0 Å². The third-order valence-electron chi connectivity index (χ3n) is 4.17. The van der Waals surface area contributed by atoms with E-state index in [2.05, 4.69) is 10.6 Å². The topological polar surface area (TPSA) is 122 Å². The molecule has 3 N–H and O–H groups in total. The molecule has 0 aliphatic carbocycles. The van der Waals surface area contributed by atoms with Gasteiger partial charge in [0.2, 0.25) is 5.91 Å². The van der Waals surface area contributed by atoms with Crippen molar-refractivity contribution < 1.29 is 19.6 Å². The number of aliphatic carboxylic acids is 1. The third-order valence-corrected chi connectivity index (χ3v) is 4.17. The van der Waals surface area contributed by atoms with Gasteiger partial charge in [0.15, 0.2) is 0 Å². The van der Waals surface area contributed by atoms with Crippen LogP contribution in [0.2, 0.25) is 0 Å². The van der Waals surface area contributed by atoms with Gasteiger partial charge >= 0.3 is 5.97 Å². The highest BCUT2D eigenvalue weighted by molar-refractivity contribution is 5.84. The molecule has 2 aromatic rings. The summed E-state index contributed by atoms with van der Waals surface area (Å²) in [6.07, 6.45) is 0.745. The summed E-state index contributed by atoms with van der Waals surface area (Å²) in [4.78, 5) is 34.1. The summed E-state index contributed by atoms with van der Waals surface area (Å²) in [5.41, 5.74) is 2.05. The number of carboxylic acid groups (broad SMARTS) is 1. The normalized spacial score (nSPS) is 11.5. The Labute approximate surface area is 162 Å². The molecular formula is C20H23N3O5. The lowest BCUT2D eigenvalue weighted by molar-refractivity contribution is -0.384. The largest absolute Gasteiger partial charge is 0.480 e. The number of carbonyl (C=O) groups is 2. The van der Waals surface area contributed by atoms with E-state index in [1.54, 1.807) is 24.3 Å². The van der Waals surface area contributed by atoms with E-state index in [0.29, 0.717) is 18.7 Å². The van der Waals surface area contributed by atoms with Crippen LogP contribution < -0.4 is 10.6 Å². The average Bonchev–Trinajstić information content (AvgIpc) is 2.64. The van der Waals surface area contributed by atoms with Crippen molar-refractivity contribution in [1.29, 1.82) is 0 Å². The Morgan fingerprint density at radius 1 is 1.18 bits per heavy atom. The van der Waals surface area contributed by atoms with Gasteiger partial charge in [-0.1, -0.05) is 36.4 Å². The lowest BCUT2D eigenvalue weighted by atomic mass is 10.1. The minimum Gasteiger partial charge on any atom is -0.480 e. The number of nitro groups is 1. The molecule has 0 fully saturated rings. The average molecular weight is 385 g/mol. The highest BCUT2D eigenvalue weighted by Crippen LogP contribution is 2.25. The van der Waals surface area contributed by atoms with Crippen LogP contribution in [-0.2, 0) is 16.0 Å². The maximum atomic E-state index is 12.1. The Hall–Kier alpha value is -3.42. The second-order valence-corrected chi connectivity index (χ2v) is 6.47. The lowest BCUT2D eigenvalue weighted by Gasteiger charge is -2.15. The van der Waals surface area contributed by atoms with Crippen LogP contribution in [0.5, 0.6) is 0 Å². The predicted molar refractivity (Wildman–Crippen MR) is 105 cm³/mol. The Morgan fingerprint density at radius 3 is 2.54 bits per heavy atom. The number of anilines is 1. The molecule has 8 heteroatoms. The first-order chi connectivity index (χ1) is 13.4. The number of amides is 1. The minimum absolute atomic E-state index is 0.0310. The molecule has 0 spiro atoms. The molecule has 0 bridgehead atoms. The number of hydrogen-bond acceptors (Lipinski definition) is 5. The number of carboxylic acids is 1. The van der Waals surface area contributed by atoms with Crippen LogP contribution in [0.3, 0.4) is 0 Å². The SMILES string of the molecule is Cc1ccc([N+](=O)[O-])c(NCCC[C@H](NC(=O)Cc2ccccc2)C(=O)O)c1. The molecule has 0 heterocycles. The number of hydrogen-bond donors (Lipinski definition) is 3. The van der Waals surface area contributed by atoms with E-state index in [1.807, 2.05) is 25.1 Å². The Bertz CT molecular complexity index is 839. The minimum atomic E-state index is -1.11. The van der Waals surface area contributed by atoms with Crippen LogP contribution >= 0.6 is 0 Å². The molecule has 0 aromatic heterocycles. The van der Waals surface area contributed by atoms with E-state index >= 15 is 0 Å². The third kappa shape index (κ3) is 6.39. The number of carbonyl (C=O) groups excluding carboxylic acids is 1. The second kappa shape index (κ2) is 10.1.